The van der Waals surface area contributed by atoms with Gasteiger partial charge >= 0.3 is 0 Å². The summed E-state index contributed by atoms with van der Waals surface area (Å²) in [6.07, 6.45) is 10.6. The zero-order chi connectivity index (χ0) is 17.7. The highest BCUT2D eigenvalue weighted by atomic mass is 16.2. The van der Waals surface area contributed by atoms with Crippen LogP contribution in [0, 0.1) is 17.2 Å². The molecule has 1 heterocycles. The fraction of sp³-hybridized carbons (Fsp3) is 0.636. The van der Waals surface area contributed by atoms with Crippen molar-refractivity contribution in [1.82, 2.24) is 10.2 Å². The second-order valence-corrected chi connectivity index (χ2v) is 8.51. The quantitative estimate of drug-likeness (QED) is 0.830. The number of fused-ring (bicyclic) bond motifs is 3. The summed E-state index contributed by atoms with van der Waals surface area (Å²) in [6.45, 7) is 1.23. The van der Waals surface area contributed by atoms with E-state index in [1.807, 2.05) is 4.90 Å². The molecule has 1 saturated carbocycles. The molecule has 0 aromatic heterocycles. The Balaban J connectivity index is 1.21. The third-order valence-electron chi connectivity index (χ3n) is 6.97. The van der Waals surface area contributed by atoms with Crippen LogP contribution in [0.2, 0.25) is 0 Å². The van der Waals surface area contributed by atoms with Gasteiger partial charge in [-0.15, -0.1) is 0 Å². The fourth-order valence-corrected chi connectivity index (χ4v) is 5.67. The number of carbonyl (C=O) groups is 1. The Hall–Kier alpha value is -1.86. The van der Waals surface area contributed by atoms with Crippen LogP contribution >= 0.6 is 0 Å². The van der Waals surface area contributed by atoms with Gasteiger partial charge in [-0.2, -0.15) is 5.26 Å². The number of nitrogens with zero attached hydrogens (tertiary/aromatic N) is 2. The van der Waals surface area contributed by atoms with Crippen LogP contribution in [0.3, 0.4) is 0 Å². The summed E-state index contributed by atoms with van der Waals surface area (Å²) in [4.78, 5) is 14.4. The van der Waals surface area contributed by atoms with E-state index in [1.54, 1.807) is 27.8 Å². The Kier molecular flexibility index (Phi) is 4.01. The van der Waals surface area contributed by atoms with Gasteiger partial charge in [-0.3, -0.25) is 4.79 Å². The van der Waals surface area contributed by atoms with Crippen LogP contribution in [-0.2, 0) is 36.9 Å². The second kappa shape index (κ2) is 6.39. The van der Waals surface area contributed by atoms with Crippen LogP contribution in [0.25, 0.3) is 0 Å². The van der Waals surface area contributed by atoms with Crippen molar-refractivity contribution < 1.29 is 4.79 Å². The average molecular weight is 349 g/mol. The Bertz CT molecular complexity index is 761. The molecule has 0 bridgehead atoms. The minimum atomic E-state index is -0.186. The van der Waals surface area contributed by atoms with Gasteiger partial charge < -0.3 is 10.2 Å². The maximum absolute atomic E-state index is 12.5. The first kappa shape index (κ1) is 16.3. The Morgan fingerprint density at radius 3 is 2.58 bits per heavy atom. The lowest BCUT2D eigenvalue weighted by Gasteiger charge is -2.23. The van der Waals surface area contributed by atoms with Crippen LogP contribution in [0.15, 0.2) is 6.07 Å². The number of nitriles is 1. The van der Waals surface area contributed by atoms with Crippen molar-refractivity contribution in [3.05, 3.63) is 33.9 Å². The molecule has 1 aliphatic heterocycles. The Morgan fingerprint density at radius 2 is 1.88 bits per heavy atom. The molecule has 5 rings (SSSR count). The standard InChI is InChI=1S/C22H27N3O/c23-12-17-10-16-11-21(16)25(17)22(26)13-24-8-7-20-18-5-1-3-14(18)9-15-4-2-6-19(15)20/h9,16-17,21,24H,1-8,10-11,13H2/t16-,17+,21+/m1/s1. The number of nitrogens with one attached hydrogen (secondary N) is 1. The molecule has 1 amide bonds. The summed E-state index contributed by atoms with van der Waals surface area (Å²) in [5, 5.41) is 12.6. The van der Waals surface area contributed by atoms with Crippen molar-refractivity contribution in [3.63, 3.8) is 0 Å². The topological polar surface area (TPSA) is 56.1 Å². The monoisotopic (exact) mass is 349 g/mol. The summed E-state index contributed by atoms with van der Waals surface area (Å²) in [7, 11) is 0. The van der Waals surface area contributed by atoms with E-state index < -0.39 is 0 Å². The summed E-state index contributed by atoms with van der Waals surface area (Å²) in [6, 6.07) is 4.95. The molecule has 1 N–H and O–H groups in total. The number of piperidine rings is 1. The largest absolute Gasteiger partial charge is 0.322 e. The first-order valence-electron chi connectivity index (χ1n) is 10.3. The van der Waals surface area contributed by atoms with E-state index in [0.717, 1.165) is 25.8 Å². The lowest BCUT2D eigenvalue weighted by Crippen LogP contribution is -2.43. The predicted octanol–water partition coefficient (Wildman–Crippen LogP) is 2.31. The molecular formula is C22H27N3O. The highest BCUT2D eigenvalue weighted by molar-refractivity contribution is 5.80. The number of aryl methyl sites for hydroxylation is 2. The highest BCUT2D eigenvalue weighted by Crippen LogP contribution is 2.47. The lowest BCUT2D eigenvalue weighted by atomic mass is 9.92. The molecule has 1 aromatic carbocycles. The maximum Gasteiger partial charge on any atom is 0.237 e. The number of hydrogen-bond donors (Lipinski definition) is 1. The van der Waals surface area contributed by atoms with Gasteiger partial charge in [0.1, 0.15) is 6.04 Å². The number of hydrogen-bond acceptors (Lipinski definition) is 3. The van der Waals surface area contributed by atoms with Crippen molar-refractivity contribution >= 4 is 5.91 Å². The molecular weight excluding hydrogens is 322 g/mol. The van der Waals surface area contributed by atoms with Crippen LogP contribution < -0.4 is 5.32 Å². The molecule has 4 heteroatoms. The smallest absolute Gasteiger partial charge is 0.237 e. The van der Waals surface area contributed by atoms with Crippen LogP contribution in [0.4, 0.5) is 0 Å². The average Bonchev–Trinajstić information content (AvgIpc) is 3.05. The van der Waals surface area contributed by atoms with Gasteiger partial charge in [0.2, 0.25) is 5.91 Å². The van der Waals surface area contributed by atoms with Crippen LogP contribution in [0.1, 0.15) is 53.5 Å². The van der Waals surface area contributed by atoms with E-state index in [4.69, 9.17) is 0 Å². The predicted molar refractivity (Wildman–Crippen MR) is 99.8 cm³/mol. The van der Waals surface area contributed by atoms with E-state index in [9.17, 15) is 10.1 Å². The van der Waals surface area contributed by atoms with E-state index in [2.05, 4.69) is 17.5 Å². The minimum Gasteiger partial charge on any atom is -0.322 e. The zero-order valence-electron chi connectivity index (χ0n) is 15.4. The number of amides is 1. The normalized spacial score (nSPS) is 27.8. The number of likely N-dealkylation sites (tertiary alicyclic amines) is 1. The third kappa shape index (κ3) is 2.65. The van der Waals surface area contributed by atoms with Crippen LogP contribution in [0.5, 0.6) is 0 Å². The van der Waals surface area contributed by atoms with Crippen molar-refractivity contribution in [2.24, 2.45) is 5.92 Å². The van der Waals surface area contributed by atoms with Crippen molar-refractivity contribution in [2.45, 2.75) is 69.9 Å². The molecule has 4 nitrogen and oxygen atoms in total. The molecule has 3 aliphatic carbocycles. The molecule has 1 aromatic rings. The second-order valence-electron chi connectivity index (χ2n) is 8.51. The number of carbonyl (C=O) groups excluding carboxylic acids is 1. The van der Waals surface area contributed by atoms with Crippen molar-refractivity contribution in [2.75, 3.05) is 13.1 Å². The highest BCUT2D eigenvalue weighted by Gasteiger charge is 2.53. The van der Waals surface area contributed by atoms with E-state index in [0.29, 0.717) is 18.5 Å². The van der Waals surface area contributed by atoms with Gasteiger partial charge in [0.05, 0.1) is 12.6 Å². The van der Waals surface area contributed by atoms with Crippen molar-refractivity contribution in [1.29, 1.82) is 5.26 Å². The van der Waals surface area contributed by atoms with Gasteiger partial charge in [-0.05, 0) is 98.1 Å². The van der Waals surface area contributed by atoms with E-state index in [1.165, 1.54) is 38.5 Å². The van der Waals surface area contributed by atoms with Crippen LogP contribution in [-0.4, -0.2) is 36.0 Å². The molecule has 0 unspecified atom stereocenters. The molecule has 0 spiro atoms. The minimum absolute atomic E-state index is 0.116. The molecule has 3 atom stereocenters. The lowest BCUT2D eigenvalue weighted by molar-refractivity contribution is -0.131. The van der Waals surface area contributed by atoms with Gasteiger partial charge in [-0.25, -0.2) is 0 Å². The van der Waals surface area contributed by atoms with Crippen molar-refractivity contribution in [3.8, 4) is 6.07 Å². The van der Waals surface area contributed by atoms with E-state index >= 15 is 0 Å². The third-order valence-corrected chi connectivity index (χ3v) is 6.97. The molecule has 0 radical (unpaired) electrons. The molecule has 136 valence electrons. The maximum atomic E-state index is 12.5. The van der Waals surface area contributed by atoms with Gasteiger partial charge in [0, 0.05) is 6.04 Å². The van der Waals surface area contributed by atoms with E-state index in [-0.39, 0.29) is 11.9 Å². The molecule has 2 fully saturated rings. The Labute approximate surface area is 155 Å². The number of rotatable bonds is 5. The summed E-state index contributed by atoms with van der Waals surface area (Å²) in [5.74, 6) is 0.711. The van der Waals surface area contributed by atoms with Gasteiger partial charge in [0.15, 0.2) is 0 Å². The first-order valence-corrected chi connectivity index (χ1v) is 10.3. The summed E-state index contributed by atoms with van der Waals surface area (Å²) < 4.78 is 0. The molecule has 26 heavy (non-hydrogen) atoms. The van der Waals surface area contributed by atoms with Gasteiger partial charge in [0.25, 0.3) is 0 Å². The SMILES string of the molecule is N#C[C@@H]1C[C@@H]2C[C@@H]2N1C(=O)CNCCc1c2c(cc3c1CCC3)CCC2. The molecule has 4 aliphatic rings. The zero-order valence-corrected chi connectivity index (χ0v) is 15.4. The fourth-order valence-electron chi connectivity index (χ4n) is 5.67. The first-order chi connectivity index (χ1) is 12.8. The Morgan fingerprint density at radius 1 is 1.15 bits per heavy atom. The number of benzene rings is 1. The molecule has 1 saturated heterocycles. The summed E-state index contributed by atoms with van der Waals surface area (Å²) in [5.41, 5.74) is 7.99. The van der Waals surface area contributed by atoms with Gasteiger partial charge in [-0.1, -0.05) is 6.07 Å². The summed E-state index contributed by atoms with van der Waals surface area (Å²) >= 11 is 0.